The van der Waals surface area contributed by atoms with Crippen LogP contribution < -0.4 is 0 Å². The van der Waals surface area contributed by atoms with E-state index in [4.69, 9.17) is 5.26 Å². The third-order valence-electron chi connectivity index (χ3n) is 1.93. The molecule has 0 atom stereocenters. The molecule has 1 aromatic carbocycles. The first-order chi connectivity index (χ1) is 6.29. The second kappa shape index (κ2) is 2.83. The molecule has 0 unspecified atom stereocenters. The van der Waals surface area contributed by atoms with Crippen molar-refractivity contribution in [3.63, 3.8) is 0 Å². The molecule has 0 spiro atoms. The number of nitriles is 1. The number of nitrogens with one attached hydrogen (secondary N) is 1. The molecule has 0 fully saturated rings. The number of nitrogens with zero attached hydrogens (tertiary/aromatic N) is 1. The molecule has 0 aliphatic carbocycles. The summed E-state index contributed by atoms with van der Waals surface area (Å²) < 4.78 is 0. The minimum Gasteiger partial charge on any atom is -0.508 e. The minimum atomic E-state index is 0.245. The number of benzene rings is 1. The molecule has 3 heteroatoms. The average molecular weight is 172 g/mol. The molecule has 0 bridgehead atoms. The van der Waals surface area contributed by atoms with Crippen molar-refractivity contribution in [2.75, 3.05) is 0 Å². The van der Waals surface area contributed by atoms with Crippen LogP contribution in [0.4, 0.5) is 0 Å². The molecule has 1 aromatic heterocycles. The van der Waals surface area contributed by atoms with Gasteiger partial charge in [-0.2, -0.15) is 5.26 Å². The Hall–Kier alpha value is -1.95. The molecule has 1 heterocycles. The van der Waals surface area contributed by atoms with Gasteiger partial charge in [0.15, 0.2) is 0 Å². The number of rotatable bonds is 1. The Kier molecular flexibility index (Phi) is 1.67. The lowest BCUT2D eigenvalue weighted by Gasteiger charge is -1.89. The number of phenolic OH excluding ortho intramolecular Hbond substituents is 1. The Labute approximate surface area is 75.2 Å². The van der Waals surface area contributed by atoms with Crippen molar-refractivity contribution >= 4 is 10.9 Å². The molecule has 2 N–H and O–H groups in total. The summed E-state index contributed by atoms with van der Waals surface area (Å²) in [6, 6.07) is 9.03. The van der Waals surface area contributed by atoms with E-state index in [1.807, 2.05) is 6.07 Å². The Balaban J connectivity index is 2.57. The van der Waals surface area contributed by atoms with E-state index in [-0.39, 0.29) is 5.75 Å². The van der Waals surface area contributed by atoms with Crippen LogP contribution in [0, 0.1) is 11.3 Å². The van der Waals surface area contributed by atoms with Crippen molar-refractivity contribution in [2.45, 2.75) is 6.42 Å². The first-order valence-electron chi connectivity index (χ1n) is 3.97. The van der Waals surface area contributed by atoms with Crippen LogP contribution in [-0.2, 0) is 6.42 Å². The number of aromatic hydroxyl groups is 1. The largest absolute Gasteiger partial charge is 0.508 e. The van der Waals surface area contributed by atoms with Gasteiger partial charge in [0.25, 0.3) is 0 Å². The summed E-state index contributed by atoms with van der Waals surface area (Å²) in [7, 11) is 0. The van der Waals surface area contributed by atoms with E-state index in [1.54, 1.807) is 18.2 Å². The Morgan fingerprint density at radius 3 is 3.00 bits per heavy atom. The van der Waals surface area contributed by atoms with Crippen molar-refractivity contribution in [3.8, 4) is 11.8 Å². The Morgan fingerprint density at radius 1 is 1.38 bits per heavy atom. The van der Waals surface area contributed by atoms with Crippen LogP contribution in [0.15, 0.2) is 24.3 Å². The van der Waals surface area contributed by atoms with Crippen LogP contribution in [0.25, 0.3) is 10.9 Å². The lowest BCUT2D eigenvalue weighted by atomic mass is 10.2. The molecule has 2 rings (SSSR count). The zero-order chi connectivity index (χ0) is 9.26. The fourth-order valence-electron chi connectivity index (χ4n) is 1.36. The average Bonchev–Trinajstić information content (AvgIpc) is 2.46. The van der Waals surface area contributed by atoms with E-state index < -0.39 is 0 Å². The van der Waals surface area contributed by atoms with E-state index in [2.05, 4.69) is 11.1 Å². The van der Waals surface area contributed by atoms with Gasteiger partial charge in [0.05, 0.1) is 12.5 Å². The van der Waals surface area contributed by atoms with Gasteiger partial charge in [-0.1, -0.05) is 0 Å². The fraction of sp³-hybridized carbons (Fsp3) is 0.100. The van der Waals surface area contributed by atoms with Crippen LogP contribution in [0.3, 0.4) is 0 Å². The molecule has 0 radical (unpaired) electrons. The van der Waals surface area contributed by atoms with E-state index in [1.165, 1.54) is 0 Å². The maximum Gasteiger partial charge on any atom is 0.116 e. The SMILES string of the molecule is N#CCc1cc2cc(O)ccc2[nH]1. The van der Waals surface area contributed by atoms with E-state index in [0.717, 1.165) is 16.6 Å². The van der Waals surface area contributed by atoms with Crippen LogP contribution >= 0.6 is 0 Å². The van der Waals surface area contributed by atoms with Gasteiger partial charge >= 0.3 is 0 Å². The first-order valence-corrected chi connectivity index (χ1v) is 3.97. The molecule has 0 saturated carbocycles. The highest BCUT2D eigenvalue weighted by molar-refractivity contribution is 5.81. The lowest BCUT2D eigenvalue weighted by Crippen LogP contribution is -1.77. The summed E-state index contributed by atoms with van der Waals surface area (Å²) in [5.74, 6) is 0.245. The van der Waals surface area contributed by atoms with E-state index in [0.29, 0.717) is 6.42 Å². The summed E-state index contributed by atoms with van der Waals surface area (Å²) in [6.45, 7) is 0. The number of fused-ring (bicyclic) bond motifs is 1. The van der Waals surface area contributed by atoms with Crippen molar-refractivity contribution in [1.29, 1.82) is 5.26 Å². The van der Waals surface area contributed by atoms with Gasteiger partial charge in [-0.25, -0.2) is 0 Å². The van der Waals surface area contributed by atoms with Crippen molar-refractivity contribution in [2.24, 2.45) is 0 Å². The second-order valence-electron chi connectivity index (χ2n) is 2.90. The molecule has 0 saturated heterocycles. The zero-order valence-electron chi connectivity index (χ0n) is 6.91. The summed E-state index contributed by atoms with van der Waals surface area (Å²) in [6.07, 6.45) is 0.370. The smallest absolute Gasteiger partial charge is 0.116 e. The predicted molar refractivity (Wildman–Crippen MR) is 49.3 cm³/mol. The fourth-order valence-corrected chi connectivity index (χ4v) is 1.36. The van der Waals surface area contributed by atoms with Crippen LogP contribution in [-0.4, -0.2) is 10.1 Å². The first kappa shape index (κ1) is 7.69. The molecule has 13 heavy (non-hydrogen) atoms. The molecule has 0 aliphatic heterocycles. The predicted octanol–water partition coefficient (Wildman–Crippen LogP) is 1.94. The standard InChI is InChI=1S/C10H8N2O/c11-4-3-8-5-7-6-9(13)1-2-10(7)12-8/h1-2,5-6,12-13H,3H2. The zero-order valence-corrected chi connectivity index (χ0v) is 6.91. The molecule has 2 aromatic rings. The van der Waals surface area contributed by atoms with E-state index in [9.17, 15) is 5.11 Å². The number of aromatic nitrogens is 1. The van der Waals surface area contributed by atoms with E-state index >= 15 is 0 Å². The highest BCUT2D eigenvalue weighted by Crippen LogP contribution is 2.20. The quantitative estimate of drug-likeness (QED) is 0.690. The highest BCUT2D eigenvalue weighted by atomic mass is 16.3. The minimum absolute atomic E-state index is 0.245. The van der Waals surface area contributed by atoms with Gasteiger partial charge in [0.1, 0.15) is 5.75 Å². The maximum atomic E-state index is 9.19. The monoisotopic (exact) mass is 172 g/mol. The third-order valence-corrected chi connectivity index (χ3v) is 1.93. The van der Waals surface area contributed by atoms with Gasteiger partial charge < -0.3 is 10.1 Å². The van der Waals surface area contributed by atoms with Crippen molar-refractivity contribution < 1.29 is 5.11 Å². The summed E-state index contributed by atoms with van der Waals surface area (Å²) in [5, 5.41) is 18.6. The number of hydrogen-bond acceptors (Lipinski definition) is 2. The number of aromatic amines is 1. The molecule has 0 amide bonds. The molecule has 64 valence electrons. The van der Waals surface area contributed by atoms with Gasteiger partial charge in [-0.3, -0.25) is 0 Å². The van der Waals surface area contributed by atoms with Crippen LogP contribution in [0.2, 0.25) is 0 Å². The third kappa shape index (κ3) is 1.34. The topological polar surface area (TPSA) is 59.8 Å². The van der Waals surface area contributed by atoms with Gasteiger partial charge in [0.2, 0.25) is 0 Å². The molecule has 3 nitrogen and oxygen atoms in total. The maximum absolute atomic E-state index is 9.19. The number of hydrogen-bond donors (Lipinski definition) is 2. The van der Waals surface area contributed by atoms with Gasteiger partial charge in [0, 0.05) is 16.6 Å². The summed E-state index contributed by atoms with van der Waals surface area (Å²) >= 11 is 0. The molecule has 0 aliphatic rings. The Morgan fingerprint density at radius 2 is 2.23 bits per heavy atom. The lowest BCUT2D eigenvalue weighted by molar-refractivity contribution is 0.476. The van der Waals surface area contributed by atoms with Crippen LogP contribution in [0.1, 0.15) is 5.69 Å². The highest BCUT2D eigenvalue weighted by Gasteiger charge is 2.00. The van der Waals surface area contributed by atoms with Gasteiger partial charge in [-0.15, -0.1) is 0 Å². The van der Waals surface area contributed by atoms with Crippen molar-refractivity contribution in [3.05, 3.63) is 30.0 Å². The normalized spacial score (nSPS) is 10.1. The van der Waals surface area contributed by atoms with Crippen LogP contribution in [0.5, 0.6) is 5.75 Å². The summed E-state index contributed by atoms with van der Waals surface area (Å²) in [4.78, 5) is 3.09. The Bertz CT molecular complexity index is 479. The van der Waals surface area contributed by atoms with Crippen molar-refractivity contribution in [1.82, 2.24) is 4.98 Å². The van der Waals surface area contributed by atoms with Gasteiger partial charge in [-0.05, 0) is 24.3 Å². The molecular formula is C10H8N2O. The molecular weight excluding hydrogens is 164 g/mol. The number of phenols is 1. The summed E-state index contributed by atoms with van der Waals surface area (Å²) in [5.41, 5.74) is 1.83. The second-order valence-corrected chi connectivity index (χ2v) is 2.90. The number of H-pyrrole nitrogens is 1.